The standard InChI is InChI=1S/C7H15N3O/c1-9(2)7(11)10-5-3-8-4-6-10/h8H,3-6H2,1-2H3/p+1. The van der Waals surface area contributed by atoms with Gasteiger partial charge in [-0.15, -0.1) is 0 Å². The van der Waals surface area contributed by atoms with Gasteiger partial charge in [0.15, 0.2) is 0 Å². The van der Waals surface area contributed by atoms with Gasteiger partial charge < -0.3 is 15.1 Å². The summed E-state index contributed by atoms with van der Waals surface area (Å²) in [7, 11) is 3.58. The van der Waals surface area contributed by atoms with E-state index in [0.717, 1.165) is 26.2 Å². The molecule has 0 aromatic carbocycles. The van der Waals surface area contributed by atoms with E-state index in [2.05, 4.69) is 5.32 Å². The number of hydrogen-bond acceptors (Lipinski definition) is 1. The van der Waals surface area contributed by atoms with E-state index in [0.29, 0.717) is 0 Å². The molecule has 2 amide bonds. The first kappa shape index (κ1) is 8.33. The summed E-state index contributed by atoms with van der Waals surface area (Å²) in [6, 6.07) is 0.137. The number of carbonyl (C=O) groups excluding carboxylic acids is 1. The maximum atomic E-state index is 11.3. The molecule has 0 aromatic rings. The van der Waals surface area contributed by atoms with E-state index < -0.39 is 0 Å². The molecule has 1 aliphatic heterocycles. The van der Waals surface area contributed by atoms with Gasteiger partial charge in [0.05, 0.1) is 26.2 Å². The highest BCUT2D eigenvalue weighted by molar-refractivity contribution is 5.73. The van der Waals surface area contributed by atoms with Gasteiger partial charge in [-0.05, 0) is 0 Å². The smallest absolute Gasteiger partial charge is 0.319 e. The Kier molecular flexibility index (Phi) is 2.70. The molecule has 1 fully saturated rings. The van der Waals surface area contributed by atoms with E-state index in [1.807, 2.05) is 4.90 Å². The normalized spacial score (nSPS) is 18.2. The molecule has 4 heteroatoms. The van der Waals surface area contributed by atoms with Crippen LogP contribution < -0.4 is 5.32 Å². The highest BCUT2D eigenvalue weighted by atomic mass is 16.2. The monoisotopic (exact) mass is 158 g/mol. The molecule has 64 valence electrons. The molecule has 1 heterocycles. The third-order valence-electron chi connectivity index (χ3n) is 1.86. The van der Waals surface area contributed by atoms with Crippen molar-refractivity contribution in [3.05, 3.63) is 0 Å². The Morgan fingerprint density at radius 3 is 2.36 bits per heavy atom. The number of hydrogen-bond donors (Lipinski definition) is 1. The first-order valence-electron chi connectivity index (χ1n) is 3.99. The minimum Gasteiger partial charge on any atom is -0.343 e. The number of nitrogens with zero attached hydrogens (tertiary/aromatic N) is 2. The van der Waals surface area contributed by atoms with Gasteiger partial charge in [0.1, 0.15) is 0 Å². The average molecular weight is 158 g/mol. The van der Waals surface area contributed by atoms with Gasteiger partial charge in [-0.3, -0.25) is 0 Å². The lowest BCUT2D eigenvalue weighted by atomic mass is 10.4. The largest absolute Gasteiger partial charge is 0.343 e. The van der Waals surface area contributed by atoms with Crippen molar-refractivity contribution >= 4 is 6.03 Å². The number of piperazine rings is 1. The van der Waals surface area contributed by atoms with Crippen molar-refractivity contribution in [3.63, 3.8) is 0 Å². The molecule has 0 unspecified atom stereocenters. The van der Waals surface area contributed by atoms with Crippen LogP contribution in [0.3, 0.4) is 0 Å². The minimum atomic E-state index is 0.137. The van der Waals surface area contributed by atoms with Gasteiger partial charge in [0.2, 0.25) is 0 Å². The van der Waals surface area contributed by atoms with E-state index in [4.69, 9.17) is 0 Å². The molecular weight excluding hydrogens is 142 g/mol. The highest BCUT2D eigenvalue weighted by Gasteiger charge is 2.18. The first-order chi connectivity index (χ1) is 5.22. The second-order valence-corrected chi connectivity index (χ2v) is 3.03. The summed E-state index contributed by atoms with van der Waals surface area (Å²) in [5.74, 6) is 0. The summed E-state index contributed by atoms with van der Waals surface area (Å²) < 4.78 is 0. The fraction of sp³-hybridized carbons (Fsp3) is 0.857. The molecule has 1 aliphatic rings. The van der Waals surface area contributed by atoms with E-state index in [1.54, 1.807) is 19.0 Å². The Hall–Kier alpha value is -0.770. The fourth-order valence-electron chi connectivity index (χ4n) is 1.22. The van der Waals surface area contributed by atoms with Crippen LogP contribution in [0, 0.1) is 0 Å². The molecule has 2 N–H and O–H groups in total. The summed E-state index contributed by atoms with van der Waals surface area (Å²) in [6.45, 7) is 3.85. The predicted molar refractivity (Wildman–Crippen MR) is 42.3 cm³/mol. The minimum absolute atomic E-state index is 0.137. The Balaban J connectivity index is 2.39. The topological polar surface area (TPSA) is 40.2 Å². The number of quaternary nitrogens is 1. The van der Waals surface area contributed by atoms with E-state index in [9.17, 15) is 4.79 Å². The van der Waals surface area contributed by atoms with E-state index in [1.165, 1.54) is 0 Å². The summed E-state index contributed by atoms with van der Waals surface area (Å²) in [5, 5.41) is 2.24. The molecular formula is C7H16N3O+. The number of urea groups is 1. The van der Waals surface area contributed by atoms with Crippen LogP contribution in [-0.4, -0.2) is 56.1 Å². The van der Waals surface area contributed by atoms with Gasteiger partial charge in [0.25, 0.3) is 0 Å². The molecule has 0 atom stereocenters. The predicted octanol–water partition coefficient (Wildman–Crippen LogP) is -1.45. The van der Waals surface area contributed by atoms with Crippen LogP contribution in [0.15, 0.2) is 0 Å². The van der Waals surface area contributed by atoms with Crippen LogP contribution in [0.25, 0.3) is 0 Å². The maximum absolute atomic E-state index is 11.3. The van der Waals surface area contributed by atoms with Gasteiger partial charge in [-0.1, -0.05) is 0 Å². The number of amides is 2. The molecule has 0 radical (unpaired) electrons. The van der Waals surface area contributed by atoms with E-state index in [-0.39, 0.29) is 6.03 Å². The fourth-order valence-corrected chi connectivity index (χ4v) is 1.22. The molecule has 11 heavy (non-hydrogen) atoms. The maximum Gasteiger partial charge on any atom is 0.319 e. The molecule has 0 spiro atoms. The molecule has 0 saturated carbocycles. The zero-order chi connectivity index (χ0) is 8.27. The van der Waals surface area contributed by atoms with Crippen molar-refractivity contribution < 1.29 is 10.1 Å². The molecule has 0 aromatic heterocycles. The van der Waals surface area contributed by atoms with Crippen molar-refractivity contribution in [2.45, 2.75) is 0 Å². The summed E-state index contributed by atoms with van der Waals surface area (Å²) in [5.41, 5.74) is 0. The summed E-state index contributed by atoms with van der Waals surface area (Å²) in [4.78, 5) is 14.9. The zero-order valence-electron chi connectivity index (χ0n) is 7.21. The third-order valence-corrected chi connectivity index (χ3v) is 1.86. The van der Waals surface area contributed by atoms with Crippen molar-refractivity contribution in [2.75, 3.05) is 40.3 Å². The number of nitrogens with two attached hydrogens (primary N) is 1. The second-order valence-electron chi connectivity index (χ2n) is 3.03. The summed E-state index contributed by atoms with van der Waals surface area (Å²) in [6.07, 6.45) is 0. The SMILES string of the molecule is CN(C)C(=O)N1CC[NH2+]CC1. The Bertz CT molecular complexity index is 141. The highest BCUT2D eigenvalue weighted by Crippen LogP contribution is 1.93. The summed E-state index contributed by atoms with van der Waals surface area (Å²) >= 11 is 0. The number of carbonyl (C=O) groups is 1. The molecule has 0 aliphatic carbocycles. The Morgan fingerprint density at radius 1 is 1.36 bits per heavy atom. The number of rotatable bonds is 0. The Morgan fingerprint density at radius 2 is 1.91 bits per heavy atom. The van der Waals surface area contributed by atoms with Gasteiger partial charge in [0, 0.05) is 14.1 Å². The van der Waals surface area contributed by atoms with Crippen LogP contribution >= 0.6 is 0 Å². The van der Waals surface area contributed by atoms with Gasteiger partial charge in [-0.2, -0.15) is 0 Å². The lowest BCUT2D eigenvalue weighted by molar-refractivity contribution is -0.662. The first-order valence-corrected chi connectivity index (χ1v) is 3.99. The second kappa shape index (κ2) is 3.57. The van der Waals surface area contributed by atoms with Crippen LogP contribution in [0.5, 0.6) is 0 Å². The third kappa shape index (κ3) is 2.08. The molecule has 0 bridgehead atoms. The average Bonchev–Trinajstić information content (AvgIpc) is 2.05. The molecule has 1 saturated heterocycles. The lowest BCUT2D eigenvalue weighted by Crippen LogP contribution is -2.90. The molecule has 1 rings (SSSR count). The van der Waals surface area contributed by atoms with Crippen molar-refractivity contribution in [1.82, 2.24) is 9.80 Å². The van der Waals surface area contributed by atoms with Gasteiger partial charge in [-0.25, -0.2) is 4.79 Å². The van der Waals surface area contributed by atoms with Crippen LogP contribution in [0.4, 0.5) is 4.79 Å². The van der Waals surface area contributed by atoms with Crippen LogP contribution in [0.2, 0.25) is 0 Å². The zero-order valence-corrected chi connectivity index (χ0v) is 7.21. The van der Waals surface area contributed by atoms with Crippen LogP contribution in [-0.2, 0) is 0 Å². The van der Waals surface area contributed by atoms with Crippen molar-refractivity contribution in [1.29, 1.82) is 0 Å². The quantitative estimate of drug-likeness (QED) is 0.460. The van der Waals surface area contributed by atoms with E-state index >= 15 is 0 Å². The van der Waals surface area contributed by atoms with Crippen molar-refractivity contribution in [3.8, 4) is 0 Å². The Labute approximate surface area is 67.2 Å². The van der Waals surface area contributed by atoms with Crippen LogP contribution in [0.1, 0.15) is 0 Å². The van der Waals surface area contributed by atoms with Gasteiger partial charge >= 0.3 is 6.03 Å². The molecule has 4 nitrogen and oxygen atoms in total. The van der Waals surface area contributed by atoms with Crippen molar-refractivity contribution in [2.24, 2.45) is 0 Å². The lowest BCUT2D eigenvalue weighted by Gasteiger charge is -2.27.